The monoisotopic (exact) mass is 277 g/mol. The maximum Gasteiger partial charge on any atom is 0.141 e. The molecule has 0 bridgehead atoms. The number of anilines is 1. The standard InChI is InChI=1S/C14H16FN3S/c1-9-12-3-5-19-13(12)2-4-18(9)14-10(7-16)6-11(15)8-17-14/h3,5-6,8-9H,2,4,7,16H2,1H3. The number of hydrogen-bond acceptors (Lipinski definition) is 4. The lowest BCUT2D eigenvalue weighted by Crippen LogP contribution is -2.34. The van der Waals surface area contributed by atoms with E-state index in [-0.39, 0.29) is 11.9 Å². The summed E-state index contributed by atoms with van der Waals surface area (Å²) in [7, 11) is 0. The third-order valence-corrected chi connectivity index (χ3v) is 4.68. The molecule has 0 aliphatic carbocycles. The molecular formula is C14H16FN3S. The van der Waals surface area contributed by atoms with Crippen LogP contribution in [0.15, 0.2) is 23.7 Å². The van der Waals surface area contributed by atoms with Crippen LogP contribution in [0.1, 0.15) is 29.0 Å². The molecule has 0 spiro atoms. The lowest BCUT2D eigenvalue weighted by Gasteiger charge is -2.35. The molecule has 1 aliphatic rings. The zero-order valence-electron chi connectivity index (χ0n) is 10.8. The second kappa shape index (κ2) is 4.90. The first-order valence-electron chi connectivity index (χ1n) is 6.38. The highest BCUT2D eigenvalue weighted by atomic mass is 32.1. The third kappa shape index (κ3) is 2.13. The van der Waals surface area contributed by atoms with Crippen molar-refractivity contribution in [2.45, 2.75) is 25.9 Å². The van der Waals surface area contributed by atoms with Crippen molar-refractivity contribution in [1.82, 2.24) is 4.98 Å². The summed E-state index contributed by atoms with van der Waals surface area (Å²) in [6.07, 6.45) is 2.28. The van der Waals surface area contributed by atoms with E-state index < -0.39 is 0 Å². The zero-order valence-corrected chi connectivity index (χ0v) is 11.6. The number of aromatic nitrogens is 1. The van der Waals surface area contributed by atoms with Gasteiger partial charge in [0.05, 0.1) is 12.2 Å². The van der Waals surface area contributed by atoms with E-state index in [9.17, 15) is 4.39 Å². The van der Waals surface area contributed by atoms with Crippen LogP contribution in [0.4, 0.5) is 10.2 Å². The Morgan fingerprint density at radius 3 is 3.21 bits per heavy atom. The predicted octanol–water partition coefficient (Wildman–Crippen LogP) is 2.86. The molecule has 2 aromatic heterocycles. The van der Waals surface area contributed by atoms with Crippen LogP contribution >= 0.6 is 11.3 Å². The summed E-state index contributed by atoms with van der Waals surface area (Å²) in [6.45, 7) is 3.37. The lowest BCUT2D eigenvalue weighted by molar-refractivity contribution is 0.600. The first kappa shape index (κ1) is 12.6. The average Bonchev–Trinajstić information content (AvgIpc) is 2.89. The molecule has 0 radical (unpaired) electrons. The van der Waals surface area contributed by atoms with E-state index in [1.165, 1.54) is 22.7 Å². The van der Waals surface area contributed by atoms with Crippen molar-refractivity contribution < 1.29 is 4.39 Å². The topological polar surface area (TPSA) is 42.2 Å². The van der Waals surface area contributed by atoms with E-state index in [2.05, 4.69) is 28.3 Å². The van der Waals surface area contributed by atoms with Crippen LogP contribution < -0.4 is 10.6 Å². The number of nitrogens with two attached hydrogens (primary N) is 1. The highest BCUT2D eigenvalue weighted by Gasteiger charge is 2.27. The fourth-order valence-corrected chi connectivity index (χ4v) is 3.64. The molecule has 2 N–H and O–H groups in total. The molecule has 2 aromatic rings. The first-order chi connectivity index (χ1) is 9.20. The lowest BCUT2D eigenvalue weighted by atomic mass is 10.0. The van der Waals surface area contributed by atoms with E-state index in [0.29, 0.717) is 6.54 Å². The van der Waals surface area contributed by atoms with Gasteiger partial charge in [0.15, 0.2) is 0 Å². The first-order valence-corrected chi connectivity index (χ1v) is 7.26. The molecule has 100 valence electrons. The Kier molecular flexibility index (Phi) is 3.24. The fraction of sp³-hybridized carbons (Fsp3) is 0.357. The van der Waals surface area contributed by atoms with Gasteiger partial charge in [-0.05, 0) is 36.4 Å². The van der Waals surface area contributed by atoms with Gasteiger partial charge in [-0.15, -0.1) is 11.3 Å². The van der Waals surface area contributed by atoms with Gasteiger partial charge in [-0.1, -0.05) is 0 Å². The number of nitrogens with zero attached hydrogens (tertiary/aromatic N) is 2. The van der Waals surface area contributed by atoms with Crippen molar-refractivity contribution in [2.24, 2.45) is 5.73 Å². The summed E-state index contributed by atoms with van der Waals surface area (Å²) in [4.78, 5) is 7.92. The molecule has 0 fully saturated rings. The van der Waals surface area contributed by atoms with Crippen molar-refractivity contribution in [3.63, 3.8) is 0 Å². The maximum absolute atomic E-state index is 13.3. The Balaban J connectivity index is 2.00. The van der Waals surface area contributed by atoms with Gasteiger partial charge >= 0.3 is 0 Å². The molecule has 1 aliphatic heterocycles. The van der Waals surface area contributed by atoms with Gasteiger partial charge < -0.3 is 10.6 Å². The Morgan fingerprint density at radius 2 is 2.42 bits per heavy atom. The van der Waals surface area contributed by atoms with E-state index in [4.69, 9.17) is 5.73 Å². The molecule has 0 saturated carbocycles. The second-order valence-corrected chi connectivity index (χ2v) is 5.76. The van der Waals surface area contributed by atoms with Gasteiger partial charge in [-0.3, -0.25) is 0 Å². The third-order valence-electron chi connectivity index (χ3n) is 3.68. The Morgan fingerprint density at radius 1 is 1.58 bits per heavy atom. The van der Waals surface area contributed by atoms with Crippen LogP contribution in [-0.2, 0) is 13.0 Å². The minimum absolute atomic E-state index is 0.262. The van der Waals surface area contributed by atoms with E-state index in [1.54, 1.807) is 11.3 Å². The molecule has 0 saturated heterocycles. The second-order valence-electron chi connectivity index (χ2n) is 4.76. The Bertz CT molecular complexity index is 596. The zero-order chi connectivity index (χ0) is 13.4. The highest BCUT2D eigenvalue weighted by Crippen LogP contribution is 2.36. The van der Waals surface area contributed by atoms with Crippen LogP contribution in [0.5, 0.6) is 0 Å². The largest absolute Gasteiger partial charge is 0.349 e. The molecular weight excluding hydrogens is 261 g/mol. The highest BCUT2D eigenvalue weighted by molar-refractivity contribution is 7.10. The summed E-state index contributed by atoms with van der Waals surface area (Å²) in [5, 5.41) is 2.13. The number of rotatable bonds is 2. The molecule has 19 heavy (non-hydrogen) atoms. The SMILES string of the molecule is CC1c2ccsc2CCN1c1ncc(F)cc1CN. The minimum Gasteiger partial charge on any atom is -0.349 e. The van der Waals surface area contributed by atoms with E-state index in [1.807, 2.05) is 0 Å². The predicted molar refractivity (Wildman–Crippen MR) is 75.9 cm³/mol. The van der Waals surface area contributed by atoms with Gasteiger partial charge in [0.25, 0.3) is 0 Å². The quantitative estimate of drug-likeness (QED) is 0.918. The van der Waals surface area contributed by atoms with Gasteiger partial charge in [0.1, 0.15) is 11.6 Å². The average molecular weight is 277 g/mol. The van der Waals surface area contributed by atoms with Crippen LogP contribution in [-0.4, -0.2) is 11.5 Å². The number of thiophene rings is 1. The van der Waals surface area contributed by atoms with Crippen molar-refractivity contribution in [1.29, 1.82) is 0 Å². The molecule has 5 heteroatoms. The smallest absolute Gasteiger partial charge is 0.141 e. The van der Waals surface area contributed by atoms with Crippen LogP contribution in [0.3, 0.4) is 0 Å². The molecule has 1 atom stereocenters. The normalized spacial score (nSPS) is 18.5. The van der Waals surface area contributed by atoms with Crippen LogP contribution in [0, 0.1) is 5.82 Å². The van der Waals surface area contributed by atoms with Crippen molar-refractivity contribution in [2.75, 3.05) is 11.4 Å². The van der Waals surface area contributed by atoms with Gasteiger partial charge in [-0.25, -0.2) is 9.37 Å². The number of hydrogen-bond donors (Lipinski definition) is 1. The van der Waals surface area contributed by atoms with Crippen LogP contribution in [0.2, 0.25) is 0 Å². The van der Waals surface area contributed by atoms with E-state index in [0.717, 1.165) is 24.3 Å². The Hall–Kier alpha value is -1.46. The summed E-state index contributed by atoms with van der Waals surface area (Å²) < 4.78 is 13.3. The van der Waals surface area contributed by atoms with Crippen LogP contribution in [0.25, 0.3) is 0 Å². The summed E-state index contributed by atoms with van der Waals surface area (Å²) >= 11 is 1.81. The van der Waals surface area contributed by atoms with Crippen molar-refractivity contribution in [3.8, 4) is 0 Å². The minimum atomic E-state index is -0.329. The van der Waals surface area contributed by atoms with Crippen molar-refractivity contribution in [3.05, 3.63) is 45.5 Å². The number of fused-ring (bicyclic) bond motifs is 1. The summed E-state index contributed by atoms with van der Waals surface area (Å²) in [6, 6.07) is 3.92. The fourth-order valence-electron chi connectivity index (χ4n) is 2.68. The van der Waals surface area contributed by atoms with Gasteiger partial charge in [-0.2, -0.15) is 0 Å². The number of pyridine rings is 1. The maximum atomic E-state index is 13.3. The van der Waals surface area contributed by atoms with Gasteiger partial charge in [0.2, 0.25) is 0 Å². The van der Waals surface area contributed by atoms with Gasteiger partial charge in [0, 0.05) is 23.5 Å². The molecule has 0 aromatic carbocycles. The summed E-state index contributed by atoms with van der Waals surface area (Å²) in [5.41, 5.74) is 7.84. The summed E-state index contributed by atoms with van der Waals surface area (Å²) in [5.74, 6) is 0.485. The molecule has 3 nitrogen and oxygen atoms in total. The number of halogens is 1. The Labute approximate surface area is 115 Å². The van der Waals surface area contributed by atoms with E-state index >= 15 is 0 Å². The molecule has 1 unspecified atom stereocenters. The molecule has 3 heterocycles. The van der Waals surface area contributed by atoms with Crippen molar-refractivity contribution >= 4 is 17.2 Å². The molecule has 3 rings (SSSR count). The molecule has 0 amide bonds.